The van der Waals surface area contributed by atoms with Gasteiger partial charge in [-0.05, 0) is 42.2 Å². The van der Waals surface area contributed by atoms with E-state index in [1.807, 2.05) is 0 Å². The van der Waals surface area contributed by atoms with Crippen LogP contribution in [-0.2, 0) is 13.0 Å². The highest BCUT2D eigenvalue weighted by Crippen LogP contribution is 2.30. The summed E-state index contributed by atoms with van der Waals surface area (Å²) < 4.78 is 0. The summed E-state index contributed by atoms with van der Waals surface area (Å²) in [7, 11) is 0. The summed E-state index contributed by atoms with van der Waals surface area (Å²) in [4.78, 5) is 0. The smallest absolute Gasteiger partial charge is 0.0210 e. The van der Waals surface area contributed by atoms with E-state index in [1.165, 1.54) is 36.8 Å². The molecule has 1 aliphatic carbocycles. The quantitative estimate of drug-likeness (QED) is 0.817. The fraction of sp³-hybridized carbons (Fsp3) is 0.667. The Morgan fingerprint density at radius 3 is 2.58 bits per heavy atom. The molecule has 0 heterocycles. The first kappa shape index (κ1) is 14.6. The molecular formula is C18H29N. The second-order valence-corrected chi connectivity index (χ2v) is 6.37. The van der Waals surface area contributed by atoms with Crippen molar-refractivity contribution in [1.29, 1.82) is 0 Å². The molecule has 0 aliphatic heterocycles. The van der Waals surface area contributed by atoms with Gasteiger partial charge in [-0.2, -0.15) is 0 Å². The van der Waals surface area contributed by atoms with E-state index in [-0.39, 0.29) is 0 Å². The largest absolute Gasteiger partial charge is 0.310 e. The summed E-state index contributed by atoms with van der Waals surface area (Å²) in [6.45, 7) is 8.03. The zero-order valence-corrected chi connectivity index (χ0v) is 12.8. The predicted molar refractivity (Wildman–Crippen MR) is 83.2 cm³/mol. The van der Waals surface area contributed by atoms with Crippen molar-refractivity contribution in [3.63, 3.8) is 0 Å². The second kappa shape index (κ2) is 7.09. The van der Waals surface area contributed by atoms with Crippen molar-refractivity contribution in [1.82, 2.24) is 5.32 Å². The van der Waals surface area contributed by atoms with Crippen molar-refractivity contribution >= 4 is 0 Å². The summed E-state index contributed by atoms with van der Waals surface area (Å²) >= 11 is 0. The standard InChI is InChI=1S/C18H29N/c1-4-15-8-5-6-9-17(15)13-19-18-11-7-10-16(12-18)14(2)3/h5-6,8-9,14,16,18-19H,4,7,10-13H2,1-3H3. The summed E-state index contributed by atoms with van der Waals surface area (Å²) in [5.74, 6) is 1.76. The topological polar surface area (TPSA) is 12.0 Å². The van der Waals surface area contributed by atoms with Crippen LogP contribution in [0.1, 0.15) is 57.6 Å². The van der Waals surface area contributed by atoms with Crippen molar-refractivity contribution in [2.45, 2.75) is 65.5 Å². The van der Waals surface area contributed by atoms with Gasteiger partial charge < -0.3 is 5.32 Å². The summed E-state index contributed by atoms with van der Waals surface area (Å²) in [6.07, 6.45) is 6.69. The molecule has 1 fully saturated rings. The minimum atomic E-state index is 0.728. The molecule has 0 aromatic heterocycles. The van der Waals surface area contributed by atoms with Crippen LogP contribution in [0.5, 0.6) is 0 Å². The number of nitrogens with one attached hydrogen (secondary N) is 1. The van der Waals surface area contributed by atoms with Crippen LogP contribution in [0.2, 0.25) is 0 Å². The van der Waals surface area contributed by atoms with Gasteiger partial charge in [0.25, 0.3) is 0 Å². The Morgan fingerprint density at radius 1 is 1.16 bits per heavy atom. The van der Waals surface area contributed by atoms with Crippen molar-refractivity contribution < 1.29 is 0 Å². The molecule has 0 spiro atoms. The number of hydrogen-bond donors (Lipinski definition) is 1. The molecule has 2 rings (SSSR count). The van der Waals surface area contributed by atoms with Crippen LogP contribution in [-0.4, -0.2) is 6.04 Å². The Hall–Kier alpha value is -0.820. The lowest BCUT2D eigenvalue weighted by Gasteiger charge is -2.32. The molecule has 106 valence electrons. The molecular weight excluding hydrogens is 230 g/mol. The van der Waals surface area contributed by atoms with Gasteiger partial charge in [-0.25, -0.2) is 0 Å². The molecule has 0 bridgehead atoms. The van der Waals surface area contributed by atoms with E-state index >= 15 is 0 Å². The van der Waals surface area contributed by atoms with Crippen molar-refractivity contribution in [2.24, 2.45) is 11.8 Å². The van der Waals surface area contributed by atoms with Crippen LogP contribution in [0.25, 0.3) is 0 Å². The maximum Gasteiger partial charge on any atom is 0.0210 e. The molecule has 1 N–H and O–H groups in total. The number of hydrogen-bond acceptors (Lipinski definition) is 1. The Balaban J connectivity index is 1.88. The van der Waals surface area contributed by atoms with Crippen LogP contribution in [0.3, 0.4) is 0 Å². The molecule has 1 aromatic carbocycles. The fourth-order valence-electron chi connectivity index (χ4n) is 3.35. The number of rotatable bonds is 5. The van der Waals surface area contributed by atoms with Gasteiger partial charge in [-0.15, -0.1) is 0 Å². The molecule has 0 amide bonds. The van der Waals surface area contributed by atoms with Crippen LogP contribution < -0.4 is 5.32 Å². The Labute approximate surface area is 118 Å². The van der Waals surface area contributed by atoms with E-state index in [1.54, 1.807) is 0 Å². The summed E-state index contributed by atoms with van der Waals surface area (Å²) in [5, 5.41) is 3.80. The molecule has 1 nitrogen and oxygen atoms in total. The van der Waals surface area contributed by atoms with E-state index < -0.39 is 0 Å². The van der Waals surface area contributed by atoms with Gasteiger partial charge in [0, 0.05) is 12.6 Å². The Bertz CT molecular complexity index is 383. The molecule has 0 saturated heterocycles. The third-order valence-electron chi connectivity index (χ3n) is 4.74. The van der Waals surface area contributed by atoms with E-state index in [9.17, 15) is 0 Å². The van der Waals surface area contributed by atoms with Gasteiger partial charge in [0.15, 0.2) is 0 Å². The SMILES string of the molecule is CCc1ccccc1CNC1CCCC(C(C)C)C1. The highest BCUT2D eigenvalue weighted by Gasteiger charge is 2.23. The lowest BCUT2D eigenvalue weighted by Crippen LogP contribution is -2.35. The normalized spacial score (nSPS) is 23.8. The maximum atomic E-state index is 3.80. The van der Waals surface area contributed by atoms with Crippen LogP contribution in [0, 0.1) is 11.8 Å². The van der Waals surface area contributed by atoms with Crippen LogP contribution in [0.4, 0.5) is 0 Å². The van der Waals surface area contributed by atoms with Gasteiger partial charge in [0.1, 0.15) is 0 Å². The third kappa shape index (κ3) is 4.07. The van der Waals surface area contributed by atoms with Crippen molar-refractivity contribution in [3.05, 3.63) is 35.4 Å². The lowest BCUT2D eigenvalue weighted by atomic mass is 9.79. The Kier molecular flexibility index (Phi) is 5.45. The zero-order valence-electron chi connectivity index (χ0n) is 12.8. The maximum absolute atomic E-state index is 3.80. The summed E-state index contributed by atoms with van der Waals surface area (Å²) in [6, 6.07) is 9.57. The van der Waals surface area contributed by atoms with Gasteiger partial charge in [-0.1, -0.05) is 57.9 Å². The highest BCUT2D eigenvalue weighted by molar-refractivity contribution is 5.26. The highest BCUT2D eigenvalue weighted by atomic mass is 14.9. The Morgan fingerprint density at radius 2 is 1.89 bits per heavy atom. The van der Waals surface area contributed by atoms with Gasteiger partial charge in [-0.3, -0.25) is 0 Å². The molecule has 1 aliphatic rings. The molecule has 1 aromatic rings. The van der Waals surface area contributed by atoms with Crippen molar-refractivity contribution in [3.8, 4) is 0 Å². The third-order valence-corrected chi connectivity index (χ3v) is 4.74. The number of aryl methyl sites for hydroxylation is 1. The molecule has 19 heavy (non-hydrogen) atoms. The minimum Gasteiger partial charge on any atom is -0.310 e. The van der Waals surface area contributed by atoms with Gasteiger partial charge in [0.2, 0.25) is 0 Å². The average Bonchev–Trinajstić information content (AvgIpc) is 2.45. The van der Waals surface area contributed by atoms with E-state index in [0.29, 0.717) is 0 Å². The first-order valence-corrected chi connectivity index (χ1v) is 8.00. The fourth-order valence-corrected chi connectivity index (χ4v) is 3.35. The van der Waals surface area contributed by atoms with Crippen molar-refractivity contribution in [2.75, 3.05) is 0 Å². The van der Waals surface area contributed by atoms with E-state index in [0.717, 1.165) is 30.8 Å². The lowest BCUT2D eigenvalue weighted by molar-refractivity contribution is 0.230. The van der Waals surface area contributed by atoms with E-state index in [2.05, 4.69) is 50.4 Å². The average molecular weight is 259 g/mol. The summed E-state index contributed by atoms with van der Waals surface area (Å²) in [5.41, 5.74) is 2.97. The first-order chi connectivity index (χ1) is 9.20. The molecule has 2 atom stereocenters. The minimum absolute atomic E-state index is 0.728. The first-order valence-electron chi connectivity index (χ1n) is 8.00. The molecule has 1 heteroatoms. The van der Waals surface area contributed by atoms with Gasteiger partial charge in [0.05, 0.1) is 0 Å². The second-order valence-electron chi connectivity index (χ2n) is 6.37. The predicted octanol–water partition coefficient (Wildman–Crippen LogP) is 4.55. The zero-order chi connectivity index (χ0) is 13.7. The molecule has 1 saturated carbocycles. The van der Waals surface area contributed by atoms with Crippen LogP contribution in [0.15, 0.2) is 24.3 Å². The molecule has 2 unspecified atom stereocenters. The van der Waals surface area contributed by atoms with E-state index in [4.69, 9.17) is 0 Å². The van der Waals surface area contributed by atoms with Gasteiger partial charge >= 0.3 is 0 Å². The number of benzene rings is 1. The molecule has 0 radical (unpaired) electrons. The monoisotopic (exact) mass is 259 g/mol. The van der Waals surface area contributed by atoms with Crippen LogP contribution >= 0.6 is 0 Å².